The third-order valence-corrected chi connectivity index (χ3v) is 4.30. The standard InChI is InChI=1S/2C7H7O2S.C5H5.ClH.Ru/c2*1-6-2-4-7(5-3-6)10(8)9;1-2-4-5-3-1;;/h2*2-5H,1H3;1-5H;1H;/q3*-1;;+4/p-1. The summed E-state index contributed by atoms with van der Waals surface area (Å²) in [5.74, 6) is 0. The van der Waals surface area contributed by atoms with Gasteiger partial charge in [0.05, 0.1) is 0 Å². The summed E-state index contributed by atoms with van der Waals surface area (Å²) in [6, 6.07) is 23.4. The fourth-order valence-corrected chi connectivity index (χ4v) is 2.34. The summed E-state index contributed by atoms with van der Waals surface area (Å²) >= 11 is 1.82. The molecule has 146 valence electrons. The minimum atomic E-state index is -2.09. The molecule has 0 aromatic heterocycles. The second-order valence-corrected chi connectivity index (χ2v) is 6.94. The van der Waals surface area contributed by atoms with Gasteiger partial charge in [-0.3, -0.25) is 0 Å². The number of hydrogen-bond acceptors (Lipinski definition) is 6. The molecule has 3 aromatic rings. The fourth-order valence-electron chi connectivity index (χ4n) is 1.62. The maximum Gasteiger partial charge on any atom is -0.172 e. The van der Waals surface area contributed by atoms with E-state index in [4.69, 9.17) is 0 Å². The van der Waals surface area contributed by atoms with Crippen molar-refractivity contribution in [3.8, 4) is 0 Å². The molecule has 3 rings (SSSR count). The zero-order valence-corrected chi connectivity index (χ0v) is 18.8. The Bertz CT molecular complexity index is 790. The van der Waals surface area contributed by atoms with Gasteiger partial charge in [-0.1, -0.05) is 69.4 Å². The molecule has 0 aliphatic heterocycles. The van der Waals surface area contributed by atoms with Crippen LogP contribution < -0.4 is 0 Å². The van der Waals surface area contributed by atoms with Crippen molar-refractivity contribution in [1.82, 2.24) is 0 Å². The topological polar surface area (TPSA) is 68.3 Å². The average molecular weight is 512 g/mol. The first-order valence-corrected chi connectivity index (χ1v) is 11.9. The summed E-state index contributed by atoms with van der Waals surface area (Å²) in [7, 11) is 0.394. The van der Waals surface area contributed by atoms with Gasteiger partial charge >= 0.3 is 27.0 Å². The van der Waals surface area contributed by atoms with Gasteiger partial charge in [0.2, 0.25) is 0 Å². The number of hydrogen-bond donors (Lipinski definition) is 0. The molecule has 0 saturated carbocycles. The second kappa shape index (κ2) is 15.6. The summed E-state index contributed by atoms with van der Waals surface area (Å²) in [5.41, 5.74) is 2.13. The average Bonchev–Trinajstić information content (AvgIpc) is 3.25. The molecule has 0 N–H and O–H groups in total. The monoisotopic (exact) mass is 512 g/mol. The van der Waals surface area contributed by atoms with Gasteiger partial charge in [0.1, 0.15) is 0 Å². The minimum absolute atomic E-state index is 0.339. The largest absolute Gasteiger partial charge is 0.214 e. The quantitative estimate of drug-likeness (QED) is 0.262. The van der Waals surface area contributed by atoms with E-state index in [0.29, 0.717) is 9.79 Å². The third-order valence-electron chi connectivity index (χ3n) is 2.98. The predicted molar refractivity (Wildman–Crippen MR) is 104 cm³/mol. The van der Waals surface area contributed by atoms with Crippen molar-refractivity contribution in [3.05, 3.63) is 90.0 Å². The Labute approximate surface area is 178 Å². The number of benzene rings is 2. The van der Waals surface area contributed by atoms with Crippen molar-refractivity contribution in [1.29, 1.82) is 0 Å². The van der Waals surface area contributed by atoms with Gasteiger partial charge in [-0.15, -0.1) is 0 Å². The van der Waals surface area contributed by atoms with E-state index in [0.717, 1.165) is 11.1 Å². The first-order chi connectivity index (χ1) is 12.9. The molecule has 0 bridgehead atoms. The van der Waals surface area contributed by atoms with Crippen LogP contribution in [0.15, 0.2) is 88.7 Å². The van der Waals surface area contributed by atoms with Crippen molar-refractivity contribution in [2.24, 2.45) is 0 Å². The van der Waals surface area contributed by atoms with E-state index in [1.54, 1.807) is 48.5 Å². The Kier molecular flexibility index (Phi) is 14.8. The molecule has 0 unspecified atom stereocenters. The molecule has 0 aliphatic rings. The molecule has 3 aromatic carbocycles. The van der Waals surface area contributed by atoms with Crippen LogP contribution >= 0.6 is 9.69 Å². The van der Waals surface area contributed by atoms with Gasteiger partial charge in [-0.25, -0.2) is 12.1 Å². The van der Waals surface area contributed by atoms with Crippen LogP contribution in [0.4, 0.5) is 0 Å². The smallest absolute Gasteiger partial charge is 0.172 e. The molecule has 0 saturated heterocycles. The van der Waals surface area contributed by atoms with E-state index in [1.807, 2.05) is 61.5 Å². The molecule has 27 heavy (non-hydrogen) atoms. The Morgan fingerprint density at radius 1 is 0.667 bits per heavy atom. The fraction of sp³-hybridized carbons (Fsp3) is 0.105. The predicted octanol–water partition coefficient (Wildman–Crippen LogP) is 5.42. The molecular weight excluding hydrogens is 493 g/mol. The Morgan fingerprint density at radius 3 is 1.15 bits per heavy atom. The van der Waals surface area contributed by atoms with Gasteiger partial charge in [0.25, 0.3) is 0 Å². The SMILES string of the molecule is Cc1ccc([S-](=O)=O)cc1.Cc1ccc([S-](=O)=O)cc1.[Cl][Ru+3].c1cc[cH-]c1. The van der Waals surface area contributed by atoms with Crippen molar-refractivity contribution in [2.45, 2.75) is 23.6 Å². The van der Waals surface area contributed by atoms with Crippen LogP contribution in [0.25, 0.3) is 0 Å². The molecule has 0 aliphatic carbocycles. The first kappa shape index (κ1) is 25.6. The molecule has 4 nitrogen and oxygen atoms in total. The summed E-state index contributed by atoms with van der Waals surface area (Å²) in [6.07, 6.45) is 0. The molecule has 0 atom stereocenters. The van der Waals surface area contributed by atoms with Crippen molar-refractivity contribution >= 4 is 31.1 Å². The van der Waals surface area contributed by atoms with Crippen LogP contribution in [0, 0.1) is 13.8 Å². The molecule has 0 fully saturated rings. The van der Waals surface area contributed by atoms with E-state index in [1.165, 1.54) is 0 Å². The zero-order chi connectivity index (χ0) is 20.7. The molecule has 0 amide bonds. The van der Waals surface area contributed by atoms with Crippen LogP contribution in [0.5, 0.6) is 0 Å². The van der Waals surface area contributed by atoms with E-state index in [-0.39, 0.29) is 0 Å². The van der Waals surface area contributed by atoms with Gasteiger partial charge in [0.15, 0.2) is 0 Å². The Balaban J connectivity index is 0.000000375. The molecule has 0 radical (unpaired) electrons. The maximum absolute atomic E-state index is 10.3. The van der Waals surface area contributed by atoms with Crippen molar-refractivity contribution in [3.63, 3.8) is 0 Å². The summed E-state index contributed by atoms with van der Waals surface area (Å²) < 4.78 is 41.2. The van der Waals surface area contributed by atoms with E-state index >= 15 is 0 Å². The van der Waals surface area contributed by atoms with Crippen LogP contribution in [-0.2, 0) is 55.6 Å². The molecule has 0 heterocycles. The summed E-state index contributed by atoms with van der Waals surface area (Å²) in [5, 5.41) is 0. The normalized spacial score (nSPS) is 9.22. The van der Waals surface area contributed by atoms with Gasteiger partial charge in [-0.05, 0) is 35.3 Å². The van der Waals surface area contributed by atoms with Crippen LogP contribution in [-0.4, -0.2) is 0 Å². The van der Waals surface area contributed by atoms with E-state index in [2.05, 4.69) is 9.69 Å². The number of aryl methyl sites for hydroxylation is 2. The number of rotatable bonds is 2. The van der Waals surface area contributed by atoms with Gasteiger partial charge < -0.3 is 16.8 Å². The Hall–Kier alpha value is -1.40. The molecule has 8 heteroatoms. The van der Waals surface area contributed by atoms with Crippen LogP contribution in [0.1, 0.15) is 11.1 Å². The van der Waals surface area contributed by atoms with E-state index < -0.39 is 21.4 Å². The summed E-state index contributed by atoms with van der Waals surface area (Å²) in [4.78, 5) is 0.677. The van der Waals surface area contributed by atoms with E-state index in [9.17, 15) is 16.8 Å². The zero-order valence-electron chi connectivity index (χ0n) is 14.7. The maximum atomic E-state index is 10.3. The molecule has 0 spiro atoms. The van der Waals surface area contributed by atoms with Crippen molar-refractivity contribution < 1.29 is 34.1 Å². The Morgan fingerprint density at radius 2 is 0.963 bits per heavy atom. The first-order valence-electron chi connectivity index (χ1n) is 7.52. The van der Waals surface area contributed by atoms with Crippen molar-refractivity contribution in [2.75, 3.05) is 0 Å². The second-order valence-electron chi connectivity index (χ2n) is 5.06. The summed E-state index contributed by atoms with van der Waals surface area (Å²) in [6.45, 7) is 3.83. The van der Waals surface area contributed by atoms with Crippen LogP contribution in [0.3, 0.4) is 0 Å². The van der Waals surface area contributed by atoms with Gasteiger partial charge in [0, 0.05) is 0 Å². The van der Waals surface area contributed by atoms with Crippen LogP contribution in [0.2, 0.25) is 0 Å². The van der Waals surface area contributed by atoms with Gasteiger partial charge in [-0.2, -0.15) is 18.2 Å². The third kappa shape index (κ3) is 12.6. The molecular formula is C19H19ClO4RuS2. The number of halogens is 1. The minimum Gasteiger partial charge on any atom is -0.214 e.